The second-order valence-corrected chi connectivity index (χ2v) is 3.83. The number of aliphatic hydroxyl groups excluding tert-OH is 1. The highest BCUT2D eigenvalue weighted by atomic mass is 16.2. The number of aldehydes is 1. The van der Waals surface area contributed by atoms with E-state index in [1.165, 1.54) is 5.56 Å². The molecule has 0 fully saturated rings. The highest BCUT2D eigenvalue weighted by Gasteiger charge is 2.28. The molecule has 1 heterocycles. The van der Waals surface area contributed by atoms with Gasteiger partial charge in [0.15, 0.2) is 0 Å². The normalized spacial score (nSPS) is 23.8. The minimum absolute atomic E-state index is 0.176. The number of hydrogen-bond acceptors (Lipinski definition) is 3. The largest absolute Gasteiger partial charge is 0.396 e. The fourth-order valence-electron chi connectivity index (χ4n) is 2.15. The van der Waals surface area contributed by atoms with Gasteiger partial charge in [0.2, 0.25) is 0 Å². The van der Waals surface area contributed by atoms with Crippen LogP contribution in [0.1, 0.15) is 36.1 Å². The van der Waals surface area contributed by atoms with Crippen molar-refractivity contribution in [3.05, 3.63) is 35.4 Å². The predicted octanol–water partition coefficient (Wildman–Crippen LogP) is 1.34. The van der Waals surface area contributed by atoms with Crippen LogP contribution in [0.2, 0.25) is 0 Å². The Kier molecular flexibility index (Phi) is 3.14. The summed E-state index contributed by atoms with van der Waals surface area (Å²) in [5.41, 5.74) is 2.28. The third-order valence-corrected chi connectivity index (χ3v) is 2.87. The lowest BCUT2D eigenvalue weighted by Gasteiger charge is -2.11. The fourth-order valence-corrected chi connectivity index (χ4v) is 2.15. The van der Waals surface area contributed by atoms with Gasteiger partial charge < -0.3 is 9.90 Å². The monoisotopic (exact) mass is 205 g/mol. The van der Waals surface area contributed by atoms with Gasteiger partial charge in [-0.3, -0.25) is 5.32 Å². The number of carbonyl (C=O) groups excluding carboxylic acids is 1. The third-order valence-electron chi connectivity index (χ3n) is 2.87. The van der Waals surface area contributed by atoms with Crippen LogP contribution in [-0.4, -0.2) is 18.0 Å². The minimum Gasteiger partial charge on any atom is -0.396 e. The maximum absolute atomic E-state index is 10.9. The first kappa shape index (κ1) is 10.3. The van der Waals surface area contributed by atoms with Crippen molar-refractivity contribution in [1.29, 1.82) is 0 Å². The first-order valence-electron chi connectivity index (χ1n) is 5.28. The lowest BCUT2D eigenvalue weighted by Crippen LogP contribution is -2.18. The Labute approximate surface area is 89.1 Å². The summed E-state index contributed by atoms with van der Waals surface area (Å²) in [6, 6.07) is 8.01. The predicted molar refractivity (Wildman–Crippen MR) is 57.4 cm³/mol. The van der Waals surface area contributed by atoms with E-state index in [4.69, 9.17) is 5.11 Å². The van der Waals surface area contributed by atoms with E-state index in [1.807, 2.05) is 24.3 Å². The van der Waals surface area contributed by atoms with Gasteiger partial charge in [0.05, 0.1) is 6.04 Å². The molecule has 2 unspecified atom stereocenters. The Morgan fingerprint density at radius 1 is 1.33 bits per heavy atom. The van der Waals surface area contributed by atoms with Crippen molar-refractivity contribution in [2.24, 2.45) is 0 Å². The van der Waals surface area contributed by atoms with E-state index in [0.29, 0.717) is 0 Å². The molecule has 80 valence electrons. The number of hydrogen-bond donors (Lipinski definition) is 2. The average Bonchev–Trinajstić information content (AvgIpc) is 2.65. The zero-order chi connectivity index (χ0) is 10.7. The quantitative estimate of drug-likeness (QED) is 0.729. The molecule has 1 aromatic carbocycles. The molecule has 1 aliphatic heterocycles. The summed E-state index contributed by atoms with van der Waals surface area (Å²) in [4.78, 5) is 10.9. The van der Waals surface area contributed by atoms with Crippen LogP contribution in [0.25, 0.3) is 0 Å². The van der Waals surface area contributed by atoms with E-state index < -0.39 is 0 Å². The Hall–Kier alpha value is -1.19. The van der Waals surface area contributed by atoms with Gasteiger partial charge >= 0.3 is 0 Å². The van der Waals surface area contributed by atoms with Crippen LogP contribution in [0.4, 0.5) is 0 Å². The van der Waals surface area contributed by atoms with Crippen molar-refractivity contribution in [2.45, 2.75) is 24.9 Å². The van der Waals surface area contributed by atoms with Crippen molar-refractivity contribution in [2.75, 3.05) is 6.61 Å². The molecule has 0 amide bonds. The van der Waals surface area contributed by atoms with Crippen LogP contribution in [0.15, 0.2) is 24.3 Å². The molecule has 2 N–H and O–H groups in total. The average molecular weight is 205 g/mol. The first-order chi connectivity index (χ1) is 7.36. The molecule has 0 saturated carbocycles. The molecule has 2 atom stereocenters. The molecule has 3 heteroatoms. The smallest absolute Gasteiger partial charge is 0.141 e. The van der Waals surface area contributed by atoms with Crippen molar-refractivity contribution in [1.82, 2.24) is 5.32 Å². The highest BCUT2D eigenvalue weighted by molar-refractivity contribution is 5.65. The second-order valence-electron chi connectivity index (χ2n) is 3.83. The van der Waals surface area contributed by atoms with E-state index in [9.17, 15) is 4.79 Å². The lowest BCUT2D eigenvalue weighted by molar-refractivity contribution is -0.109. The fraction of sp³-hybridized carbons (Fsp3) is 0.417. The van der Waals surface area contributed by atoms with E-state index in [2.05, 4.69) is 5.32 Å². The summed E-state index contributed by atoms with van der Waals surface area (Å²) in [6.07, 6.45) is 2.58. The van der Waals surface area contributed by atoms with Gasteiger partial charge in [-0.15, -0.1) is 0 Å². The molecule has 3 nitrogen and oxygen atoms in total. The summed E-state index contributed by atoms with van der Waals surface area (Å²) in [5.74, 6) is 0. The Morgan fingerprint density at radius 2 is 2.07 bits per heavy atom. The zero-order valence-electron chi connectivity index (χ0n) is 8.52. The Balaban J connectivity index is 2.21. The SMILES string of the molecule is O=CC1NC(CCCO)c2ccccc21. The molecule has 0 bridgehead atoms. The maximum atomic E-state index is 10.9. The van der Waals surface area contributed by atoms with Crippen molar-refractivity contribution < 1.29 is 9.90 Å². The number of rotatable bonds is 4. The number of aliphatic hydroxyl groups is 1. The Morgan fingerprint density at radius 3 is 2.73 bits per heavy atom. The number of benzene rings is 1. The first-order valence-corrected chi connectivity index (χ1v) is 5.28. The van der Waals surface area contributed by atoms with Gasteiger partial charge in [-0.05, 0) is 24.0 Å². The molecular weight excluding hydrogens is 190 g/mol. The Bertz CT molecular complexity index is 351. The molecule has 1 aliphatic rings. The molecule has 0 saturated heterocycles. The molecule has 0 aliphatic carbocycles. The molecule has 15 heavy (non-hydrogen) atoms. The van der Waals surface area contributed by atoms with Crippen LogP contribution in [0.3, 0.4) is 0 Å². The molecule has 0 radical (unpaired) electrons. The summed E-state index contributed by atoms with van der Waals surface area (Å²) < 4.78 is 0. The van der Waals surface area contributed by atoms with Gasteiger partial charge in [-0.25, -0.2) is 0 Å². The van der Waals surface area contributed by atoms with Crippen LogP contribution in [0, 0.1) is 0 Å². The number of carbonyl (C=O) groups is 1. The van der Waals surface area contributed by atoms with Gasteiger partial charge in [0, 0.05) is 12.6 Å². The van der Waals surface area contributed by atoms with Crippen molar-refractivity contribution in [3.8, 4) is 0 Å². The van der Waals surface area contributed by atoms with Gasteiger partial charge in [-0.1, -0.05) is 24.3 Å². The minimum atomic E-state index is -0.176. The van der Waals surface area contributed by atoms with E-state index >= 15 is 0 Å². The van der Waals surface area contributed by atoms with E-state index in [1.54, 1.807) is 0 Å². The van der Waals surface area contributed by atoms with Crippen LogP contribution >= 0.6 is 0 Å². The topological polar surface area (TPSA) is 49.3 Å². The molecule has 0 aromatic heterocycles. The molecule has 0 spiro atoms. The van der Waals surface area contributed by atoms with Crippen LogP contribution in [0.5, 0.6) is 0 Å². The summed E-state index contributed by atoms with van der Waals surface area (Å²) in [7, 11) is 0. The van der Waals surface area contributed by atoms with Crippen LogP contribution in [-0.2, 0) is 4.79 Å². The number of fused-ring (bicyclic) bond motifs is 1. The number of nitrogens with one attached hydrogen (secondary N) is 1. The molecule has 1 aromatic rings. The maximum Gasteiger partial charge on any atom is 0.141 e. The van der Waals surface area contributed by atoms with Gasteiger partial charge in [0.1, 0.15) is 6.29 Å². The van der Waals surface area contributed by atoms with Crippen LogP contribution < -0.4 is 5.32 Å². The lowest BCUT2D eigenvalue weighted by atomic mass is 10.00. The third kappa shape index (κ3) is 1.94. The van der Waals surface area contributed by atoms with Gasteiger partial charge in [-0.2, -0.15) is 0 Å². The highest BCUT2D eigenvalue weighted by Crippen LogP contribution is 2.34. The van der Waals surface area contributed by atoms with E-state index in [0.717, 1.165) is 24.7 Å². The van der Waals surface area contributed by atoms with Crippen molar-refractivity contribution >= 4 is 6.29 Å². The summed E-state index contributed by atoms with van der Waals surface area (Å²) in [5, 5.41) is 12.1. The van der Waals surface area contributed by atoms with Gasteiger partial charge in [0.25, 0.3) is 0 Å². The molecular formula is C12H15NO2. The summed E-state index contributed by atoms with van der Waals surface area (Å²) >= 11 is 0. The summed E-state index contributed by atoms with van der Waals surface area (Å²) in [6.45, 7) is 0.200. The standard InChI is InChI=1S/C12H15NO2/c14-7-3-6-11-9-4-1-2-5-10(9)12(8-15)13-11/h1-2,4-5,8,11-14H,3,6-7H2. The zero-order valence-corrected chi connectivity index (χ0v) is 8.52. The van der Waals surface area contributed by atoms with Crippen molar-refractivity contribution in [3.63, 3.8) is 0 Å². The molecule has 2 rings (SSSR count). The second kappa shape index (κ2) is 4.55. The van der Waals surface area contributed by atoms with E-state index in [-0.39, 0.29) is 18.7 Å².